The van der Waals surface area contributed by atoms with E-state index in [0.29, 0.717) is 29.1 Å². The summed E-state index contributed by atoms with van der Waals surface area (Å²) in [7, 11) is 0. The van der Waals surface area contributed by atoms with E-state index >= 15 is 0 Å². The molecule has 3 heterocycles. The summed E-state index contributed by atoms with van der Waals surface area (Å²) in [6.45, 7) is 0.381. The zero-order chi connectivity index (χ0) is 21.0. The van der Waals surface area contributed by atoms with Gasteiger partial charge < -0.3 is 14.6 Å². The number of nitrogens with one attached hydrogen (secondary N) is 1. The van der Waals surface area contributed by atoms with E-state index in [9.17, 15) is 4.39 Å². The van der Waals surface area contributed by atoms with E-state index < -0.39 is 6.08 Å². The lowest BCUT2D eigenvalue weighted by Gasteiger charge is -2.11. The fraction of sp³-hybridized carbons (Fsp3) is 0.0435. The molecular weight excluding hydrogens is 395 g/mol. The van der Waals surface area contributed by atoms with Crippen molar-refractivity contribution in [3.63, 3.8) is 0 Å². The van der Waals surface area contributed by atoms with Crippen molar-refractivity contribution in [2.75, 3.05) is 5.32 Å². The molecular formula is C23H17FN6O. The van der Waals surface area contributed by atoms with Gasteiger partial charge in [0.05, 0.1) is 17.5 Å². The molecule has 0 radical (unpaired) electrons. The number of pyridine rings is 1. The zero-order valence-corrected chi connectivity index (χ0v) is 16.3. The van der Waals surface area contributed by atoms with Crippen LogP contribution in [-0.4, -0.2) is 24.5 Å². The smallest absolute Gasteiger partial charge is 0.311 e. The van der Waals surface area contributed by atoms with Crippen LogP contribution >= 0.6 is 0 Å². The van der Waals surface area contributed by atoms with Crippen LogP contribution in [0, 0.1) is 6.08 Å². The van der Waals surface area contributed by atoms with Gasteiger partial charge in [-0.3, -0.25) is 4.98 Å². The first-order valence-corrected chi connectivity index (χ1v) is 9.60. The number of ether oxygens (including phenoxy) is 1. The van der Waals surface area contributed by atoms with Gasteiger partial charge in [-0.2, -0.15) is 9.37 Å². The van der Waals surface area contributed by atoms with Crippen molar-refractivity contribution in [2.24, 2.45) is 0 Å². The molecule has 5 rings (SSSR count). The van der Waals surface area contributed by atoms with E-state index in [2.05, 4.69) is 25.3 Å². The highest BCUT2D eigenvalue weighted by Gasteiger charge is 2.10. The molecule has 5 aromatic rings. The molecule has 0 bridgehead atoms. The van der Waals surface area contributed by atoms with E-state index in [1.807, 2.05) is 65.4 Å². The van der Waals surface area contributed by atoms with Crippen molar-refractivity contribution in [3.8, 4) is 11.4 Å². The van der Waals surface area contributed by atoms with Gasteiger partial charge in [0.2, 0.25) is 0 Å². The second-order valence-electron chi connectivity index (χ2n) is 6.77. The maximum atomic E-state index is 14.0. The Morgan fingerprint density at radius 2 is 1.87 bits per heavy atom. The molecule has 0 aliphatic rings. The molecule has 0 spiro atoms. The van der Waals surface area contributed by atoms with E-state index in [-0.39, 0.29) is 0 Å². The van der Waals surface area contributed by atoms with E-state index in [0.717, 1.165) is 17.1 Å². The summed E-state index contributed by atoms with van der Waals surface area (Å²) in [6, 6.07) is 18.6. The lowest BCUT2D eigenvalue weighted by atomic mass is 10.2. The Kier molecular flexibility index (Phi) is 4.94. The van der Waals surface area contributed by atoms with Crippen molar-refractivity contribution in [2.45, 2.75) is 6.61 Å². The first kappa shape index (κ1) is 18.7. The number of halogens is 1. The van der Waals surface area contributed by atoms with E-state index in [1.165, 1.54) is 0 Å². The Hall–Kier alpha value is -4.33. The molecule has 0 saturated carbocycles. The average Bonchev–Trinajstić information content (AvgIpc) is 3.34. The van der Waals surface area contributed by atoms with Gasteiger partial charge >= 0.3 is 6.08 Å². The molecule has 0 atom stereocenters. The van der Waals surface area contributed by atoms with Crippen LogP contribution in [0.2, 0.25) is 0 Å². The van der Waals surface area contributed by atoms with Gasteiger partial charge in [-0.25, -0.2) is 9.97 Å². The number of fused-ring (bicyclic) bond motifs is 1. The number of nitrogens with zero attached hydrogens (tertiary/aromatic N) is 5. The number of aromatic nitrogens is 5. The Balaban J connectivity index is 1.38. The molecule has 0 fully saturated rings. The van der Waals surface area contributed by atoms with Crippen LogP contribution < -0.4 is 10.1 Å². The van der Waals surface area contributed by atoms with Crippen molar-refractivity contribution in [1.29, 1.82) is 0 Å². The van der Waals surface area contributed by atoms with Gasteiger partial charge in [0.1, 0.15) is 18.2 Å². The highest BCUT2D eigenvalue weighted by molar-refractivity contribution is 5.92. The van der Waals surface area contributed by atoms with E-state index in [4.69, 9.17) is 4.74 Å². The fourth-order valence-corrected chi connectivity index (χ4v) is 3.17. The summed E-state index contributed by atoms with van der Waals surface area (Å²) in [5, 5.41) is 3.87. The van der Waals surface area contributed by atoms with Gasteiger partial charge in [-0.1, -0.05) is 6.07 Å². The van der Waals surface area contributed by atoms with Gasteiger partial charge in [0.25, 0.3) is 0 Å². The Morgan fingerprint density at radius 1 is 0.968 bits per heavy atom. The second-order valence-corrected chi connectivity index (χ2v) is 6.77. The third-order valence-corrected chi connectivity index (χ3v) is 4.68. The molecule has 2 aromatic carbocycles. The predicted octanol–water partition coefficient (Wildman–Crippen LogP) is 4.67. The third kappa shape index (κ3) is 4.18. The Morgan fingerprint density at radius 3 is 2.65 bits per heavy atom. The molecule has 0 aliphatic heterocycles. The maximum Gasteiger partial charge on any atom is 0.311 e. The van der Waals surface area contributed by atoms with Crippen LogP contribution in [0.5, 0.6) is 5.75 Å². The van der Waals surface area contributed by atoms with Gasteiger partial charge in [0.15, 0.2) is 0 Å². The zero-order valence-electron chi connectivity index (χ0n) is 16.3. The predicted molar refractivity (Wildman–Crippen MR) is 115 cm³/mol. The minimum Gasteiger partial charge on any atom is -0.487 e. The molecule has 0 amide bonds. The Bertz CT molecular complexity index is 1310. The van der Waals surface area contributed by atoms with Crippen LogP contribution in [0.15, 0.2) is 85.6 Å². The fourth-order valence-electron chi connectivity index (χ4n) is 3.17. The number of rotatable bonds is 6. The lowest BCUT2D eigenvalue weighted by Crippen LogP contribution is -2.01. The van der Waals surface area contributed by atoms with Crippen LogP contribution in [0.4, 0.5) is 15.9 Å². The quantitative estimate of drug-likeness (QED) is 0.408. The SMILES string of the molecule is Fc1nc(Nc2ccc(OCc3ccccn3)cc2)c2cc(-n3ccnc3)ccc2n1. The molecule has 3 aromatic heterocycles. The molecule has 0 aliphatic carbocycles. The van der Waals surface area contributed by atoms with Crippen LogP contribution in [0.1, 0.15) is 5.69 Å². The van der Waals surface area contributed by atoms with Crippen molar-refractivity contribution in [3.05, 3.63) is 97.4 Å². The Labute approximate surface area is 177 Å². The summed E-state index contributed by atoms with van der Waals surface area (Å²) in [6.07, 6.45) is 6.17. The van der Waals surface area contributed by atoms with Crippen LogP contribution in [0.25, 0.3) is 16.6 Å². The first-order chi connectivity index (χ1) is 15.2. The highest BCUT2D eigenvalue weighted by atomic mass is 19.1. The topological polar surface area (TPSA) is 77.8 Å². The summed E-state index contributed by atoms with van der Waals surface area (Å²) in [5.74, 6) is 1.09. The van der Waals surface area contributed by atoms with Crippen molar-refractivity contribution < 1.29 is 9.13 Å². The number of benzene rings is 2. The van der Waals surface area contributed by atoms with Crippen molar-refractivity contribution >= 4 is 22.4 Å². The lowest BCUT2D eigenvalue weighted by molar-refractivity contribution is 0.301. The molecule has 31 heavy (non-hydrogen) atoms. The normalized spacial score (nSPS) is 10.9. The minimum atomic E-state index is -0.791. The van der Waals surface area contributed by atoms with Gasteiger partial charge in [0, 0.05) is 35.4 Å². The maximum absolute atomic E-state index is 14.0. The first-order valence-electron chi connectivity index (χ1n) is 9.60. The summed E-state index contributed by atoms with van der Waals surface area (Å²) in [5.41, 5.74) is 2.98. The number of hydrogen-bond donors (Lipinski definition) is 1. The molecule has 8 heteroatoms. The van der Waals surface area contributed by atoms with Gasteiger partial charge in [-0.05, 0) is 54.6 Å². The summed E-state index contributed by atoms with van der Waals surface area (Å²) >= 11 is 0. The second kappa shape index (κ2) is 8.19. The number of imidazole rings is 1. The number of anilines is 2. The largest absolute Gasteiger partial charge is 0.487 e. The van der Waals surface area contributed by atoms with Crippen molar-refractivity contribution in [1.82, 2.24) is 24.5 Å². The monoisotopic (exact) mass is 412 g/mol. The highest BCUT2D eigenvalue weighted by Crippen LogP contribution is 2.27. The molecule has 0 unspecified atom stereocenters. The minimum absolute atomic E-state index is 0.381. The molecule has 0 saturated heterocycles. The van der Waals surface area contributed by atoms with Gasteiger partial charge in [-0.15, -0.1) is 0 Å². The molecule has 1 N–H and O–H groups in total. The standard InChI is InChI=1S/C23H17FN6O/c24-23-28-21-9-6-18(30-12-11-25-15-30)13-20(21)22(29-23)27-16-4-7-19(8-5-16)31-14-17-3-1-2-10-26-17/h1-13,15H,14H2,(H,27,28,29). The molecule has 152 valence electrons. The number of hydrogen-bond acceptors (Lipinski definition) is 6. The van der Waals surface area contributed by atoms with Crippen LogP contribution in [-0.2, 0) is 6.61 Å². The van der Waals surface area contributed by atoms with E-state index in [1.54, 1.807) is 24.8 Å². The molecule has 7 nitrogen and oxygen atoms in total. The summed E-state index contributed by atoms with van der Waals surface area (Å²) < 4.78 is 21.6. The summed E-state index contributed by atoms with van der Waals surface area (Å²) in [4.78, 5) is 16.2. The van der Waals surface area contributed by atoms with Crippen LogP contribution in [0.3, 0.4) is 0 Å². The third-order valence-electron chi connectivity index (χ3n) is 4.68. The average molecular weight is 412 g/mol.